The first-order valence-corrected chi connectivity index (χ1v) is 7.79. The zero-order valence-electron chi connectivity index (χ0n) is 13.9. The SMILES string of the molecule is CN(C)Cc1nn(C)c2c1CN(C(=O)NCc1ccccc1)C2. The first-order chi connectivity index (χ1) is 11.0. The third-order valence-electron chi connectivity index (χ3n) is 4.09. The summed E-state index contributed by atoms with van der Waals surface area (Å²) in [6.45, 7) is 2.60. The van der Waals surface area contributed by atoms with E-state index in [0.717, 1.165) is 23.5 Å². The van der Waals surface area contributed by atoms with E-state index in [0.29, 0.717) is 19.6 Å². The van der Waals surface area contributed by atoms with Crippen LogP contribution in [-0.4, -0.2) is 39.7 Å². The topological polar surface area (TPSA) is 53.4 Å². The third-order valence-corrected chi connectivity index (χ3v) is 4.09. The van der Waals surface area contributed by atoms with Gasteiger partial charge in [0.05, 0.1) is 24.5 Å². The van der Waals surface area contributed by atoms with Crippen LogP contribution < -0.4 is 5.32 Å². The van der Waals surface area contributed by atoms with Gasteiger partial charge >= 0.3 is 6.03 Å². The summed E-state index contributed by atoms with van der Waals surface area (Å²) >= 11 is 0. The number of hydrogen-bond acceptors (Lipinski definition) is 3. The van der Waals surface area contributed by atoms with Gasteiger partial charge in [0.25, 0.3) is 0 Å². The quantitative estimate of drug-likeness (QED) is 0.935. The number of carbonyl (C=O) groups is 1. The molecule has 6 heteroatoms. The van der Waals surface area contributed by atoms with Crippen molar-refractivity contribution in [3.8, 4) is 0 Å². The molecule has 0 bridgehead atoms. The van der Waals surface area contributed by atoms with Gasteiger partial charge in [-0.3, -0.25) is 4.68 Å². The fourth-order valence-corrected chi connectivity index (χ4v) is 2.93. The standard InChI is InChI=1S/C17H23N5O/c1-20(2)11-15-14-10-22(12-16(14)21(3)19-15)17(23)18-9-13-7-5-4-6-8-13/h4-8H,9-12H2,1-3H3,(H,18,23). The van der Waals surface area contributed by atoms with Crippen LogP contribution in [0.15, 0.2) is 30.3 Å². The number of fused-ring (bicyclic) bond motifs is 1. The number of aromatic nitrogens is 2. The lowest BCUT2D eigenvalue weighted by Gasteiger charge is -2.17. The van der Waals surface area contributed by atoms with Gasteiger partial charge in [0.2, 0.25) is 0 Å². The summed E-state index contributed by atoms with van der Waals surface area (Å²) in [5.41, 5.74) is 4.49. The molecule has 0 radical (unpaired) electrons. The molecule has 0 unspecified atom stereocenters. The van der Waals surface area contributed by atoms with Crippen LogP contribution >= 0.6 is 0 Å². The number of nitrogens with zero attached hydrogens (tertiary/aromatic N) is 4. The second kappa shape index (κ2) is 6.42. The molecule has 0 fully saturated rings. The van der Waals surface area contributed by atoms with Gasteiger partial charge in [0.1, 0.15) is 0 Å². The summed E-state index contributed by atoms with van der Waals surface area (Å²) in [6.07, 6.45) is 0. The van der Waals surface area contributed by atoms with Gasteiger partial charge in [-0.25, -0.2) is 4.79 Å². The largest absolute Gasteiger partial charge is 0.334 e. The third kappa shape index (κ3) is 3.37. The minimum Gasteiger partial charge on any atom is -0.334 e. The molecular formula is C17H23N5O. The maximum atomic E-state index is 12.4. The Kier molecular flexibility index (Phi) is 4.34. The van der Waals surface area contributed by atoms with Crippen LogP contribution in [0.2, 0.25) is 0 Å². The lowest BCUT2D eigenvalue weighted by Crippen LogP contribution is -2.36. The highest BCUT2D eigenvalue weighted by molar-refractivity contribution is 5.75. The van der Waals surface area contributed by atoms with Crippen LogP contribution in [0.4, 0.5) is 4.79 Å². The monoisotopic (exact) mass is 313 g/mol. The molecule has 122 valence electrons. The number of hydrogen-bond donors (Lipinski definition) is 1. The average Bonchev–Trinajstić information content (AvgIpc) is 3.08. The fourth-order valence-electron chi connectivity index (χ4n) is 2.93. The van der Waals surface area contributed by atoms with E-state index in [1.807, 2.05) is 61.1 Å². The summed E-state index contributed by atoms with van der Waals surface area (Å²) in [6, 6.07) is 9.93. The molecule has 0 saturated carbocycles. The van der Waals surface area contributed by atoms with Crippen LogP contribution in [0.3, 0.4) is 0 Å². The number of nitrogens with one attached hydrogen (secondary N) is 1. The molecule has 1 aromatic heterocycles. The Morgan fingerprint density at radius 1 is 1.26 bits per heavy atom. The van der Waals surface area contributed by atoms with Gasteiger partial charge in [0, 0.05) is 25.7 Å². The Bertz CT molecular complexity index is 693. The maximum Gasteiger partial charge on any atom is 0.318 e. The molecule has 2 aromatic rings. The Hall–Kier alpha value is -2.34. The van der Waals surface area contributed by atoms with Gasteiger partial charge < -0.3 is 15.1 Å². The molecule has 0 spiro atoms. The van der Waals surface area contributed by atoms with Crippen molar-refractivity contribution in [3.05, 3.63) is 52.8 Å². The molecule has 23 heavy (non-hydrogen) atoms. The van der Waals surface area contributed by atoms with Crippen LogP contribution in [0.25, 0.3) is 0 Å². The predicted molar refractivity (Wildman–Crippen MR) is 88.5 cm³/mol. The fraction of sp³-hybridized carbons (Fsp3) is 0.412. The van der Waals surface area contributed by atoms with Gasteiger partial charge in [-0.2, -0.15) is 5.10 Å². The van der Waals surface area contributed by atoms with E-state index < -0.39 is 0 Å². The Balaban J connectivity index is 1.63. The summed E-state index contributed by atoms with van der Waals surface area (Å²) in [5.74, 6) is 0. The van der Waals surface area contributed by atoms with E-state index >= 15 is 0 Å². The van der Waals surface area contributed by atoms with E-state index in [-0.39, 0.29) is 6.03 Å². The lowest BCUT2D eigenvalue weighted by molar-refractivity contribution is 0.196. The molecule has 1 N–H and O–H groups in total. The number of carbonyl (C=O) groups excluding carboxylic acids is 1. The van der Waals surface area contributed by atoms with Gasteiger partial charge in [-0.15, -0.1) is 0 Å². The zero-order chi connectivity index (χ0) is 16.4. The van der Waals surface area contributed by atoms with Crippen molar-refractivity contribution in [2.75, 3.05) is 14.1 Å². The zero-order valence-corrected chi connectivity index (χ0v) is 13.9. The van der Waals surface area contributed by atoms with E-state index in [9.17, 15) is 4.79 Å². The second-order valence-corrected chi connectivity index (χ2v) is 6.23. The maximum absolute atomic E-state index is 12.4. The first-order valence-electron chi connectivity index (χ1n) is 7.79. The van der Waals surface area contributed by atoms with Crippen molar-refractivity contribution in [2.24, 2.45) is 7.05 Å². The van der Waals surface area contributed by atoms with Crippen LogP contribution in [0.5, 0.6) is 0 Å². The minimum atomic E-state index is -0.0270. The lowest BCUT2D eigenvalue weighted by atomic mass is 10.2. The predicted octanol–water partition coefficient (Wildman–Crippen LogP) is 1.71. The molecule has 0 atom stereocenters. The Morgan fingerprint density at radius 2 is 2.00 bits per heavy atom. The molecular weight excluding hydrogens is 290 g/mol. The summed E-state index contributed by atoms with van der Waals surface area (Å²) in [7, 11) is 6.00. The molecule has 1 aliphatic rings. The van der Waals surface area contributed by atoms with Crippen LogP contribution in [-0.2, 0) is 33.2 Å². The number of amides is 2. The molecule has 0 aliphatic carbocycles. The smallest absolute Gasteiger partial charge is 0.318 e. The first kappa shape index (κ1) is 15.6. The van der Waals surface area contributed by atoms with Crippen molar-refractivity contribution in [2.45, 2.75) is 26.2 Å². The minimum absolute atomic E-state index is 0.0270. The highest BCUT2D eigenvalue weighted by atomic mass is 16.2. The average molecular weight is 313 g/mol. The Labute approximate surface area is 136 Å². The molecule has 1 aromatic carbocycles. The van der Waals surface area contributed by atoms with E-state index in [1.165, 1.54) is 5.56 Å². The number of rotatable bonds is 4. The highest BCUT2D eigenvalue weighted by Gasteiger charge is 2.29. The molecule has 2 amide bonds. The number of urea groups is 1. The second-order valence-electron chi connectivity index (χ2n) is 6.23. The van der Waals surface area contributed by atoms with E-state index in [2.05, 4.69) is 15.3 Å². The highest BCUT2D eigenvalue weighted by Crippen LogP contribution is 2.26. The molecule has 2 heterocycles. The van der Waals surface area contributed by atoms with Gasteiger partial charge in [-0.05, 0) is 19.7 Å². The summed E-state index contributed by atoms with van der Waals surface area (Å²) in [4.78, 5) is 16.3. The number of aryl methyl sites for hydroxylation is 1. The summed E-state index contributed by atoms with van der Waals surface area (Å²) in [5, 5.41) is 7.57. The number of benzene rings is 1. The van der Waals surface area contributed by atoms with E-state index in [4.69, 9.17) is 0 Å². The molecule has 1 aliphatic heterocycles. The van der Waals surface area contributed by atoms with E-state index in [1.54, 1.807) is 0 Å². The van der Waals surface area contributed by atoms with Crippen molar-refractivity contribution in [3.63, 3.8) is 0 Å². The van der Waals surface area contributed by atoms with Gasteiger partial charge in [-0.1, -0.05) is 30.3 Å². The van der Waals surface area contributed by atoms with Crippen LogP contribution in [0.1, 0.15) is 22.5 Å². The molecule has 6 nitrogen and oxygen atoms in total. The Morgan fingerprint density at radius 3 is 2.70 bits per heavy atom. The molecule has 0 saturated heterocycles. The van der Waals surface area contributed by atoms with Gasteiger partial charge in [0.15, 0.2) is 0 Å². The van der Waals surface area contributed by atoms with Crippen molar-refractivity contribution < 1.29 is 4.79 Å². The summed E-state index contributed by atoms with van der Waals surface area (Å²) < 4.78 is 1.90. The van der Waals surface area contributed by atoms with Crippen LogP contribution in [0, 0.1) is 0 Å². The normalized spacial score (nSPS) is 13.5. The van der Waals surface area contributed by atoms with Crippen molar-refractivity contribution >= 4 is 6.03 Å². The van der Waals surface area contributed by atoms with Crippen molar-refractivity contribution in [1.29, 1.82) is 0 Å². The van der Waals surface area contributed by atoms with Crippen molar-refractivity contribution in [1.82, 2.24) is 24.9 Å². The molecule has 3 rings (SSSR count).